The fraction of sp³-hybridized carbons (Fsp3) is 0.182. The van der Waals surface area contributed by atoms with Crippen LogP contribution >= 0.6 is 12.2 Å². The van der Waals surface area contributed by atoms with Gasteiger partial charge in [-0.1, -0.05) is 18.1 Å². The quantitative estimate of drug-likeness (QED) is 0.597. The summed E-state index contributed by atoms with van der Waals surface area (Å²) >= 11 is 4.95. The van der Waals surface area contributed by atoms with Gasteiger partial charge in [0.05, 0.1) is 6.54 Å². The first-order valence-electron chi connectivity index (χ1n) is 4.42. The molecule has 0 unspecified atom stereocenters. The molecule has 0 fully saturated rings. The van der Waals surface area contributed by atoms with Gasteiger partial charge in [-0.3, -0.25) is 0 Å². The van der Waals surface area contributed by atoms with Crippen molar-refractivity contribution in [2.45, 2.75) is 6.54 Å². The maximum atomic E-state index is 12.6. The summed E-state index contributed by atoms with van der Waals surface area (Å²) < 4.78 is 12.6. The van der Waals surface area contributed by atoms with E-state index in [9.17, 15) is 4.39 Å². The van der Waals surface area contributed by atoms with E-state index < -0.39 is 0 Å². The third-order valence-corrected chi connectivity index (χ3v) is 2.01. The Bertz CT molecular complexity index is 367. The minimum absolute atomic E-state index is 0.244. The van der Waals surface area contributed by atoms with Crippen LogP contribution in [0, 0.1) is 18.2 Å². The second-order valence-corrected chi connectivity index (χ2v) is 3.28. The van der Waals surface area contributed by atoms with Gasteiger partial charge in [-0.05, 0) is 29.9 Å². The molecular weight excluding hydrogens is 211 g/mol. The fourth-order valence-corrected chi connectivity index (χ4v) is 1.12. The molecule has 0 bridgehead atoms. The van der Waals surface area contributed by atoms with E-state index in [1.165, 1.54) is 12.1 Å². The summed E-state index contributed by atoms with van der Waals surface area (Å²) in [5.74, 6) is 2.17. The molecule has 0 aliphatic carbocycles. The minimum atomic E-state index is -0.244. The van der Waals surface area contributed by atoms with Crippen LogP contribution in [0.15, 0.2) is 24.3 Å². The topological polar surface area (TPSA) is 24.1 Å². The van der Waals surface area contributed by atoms with E-state index in [0.717, 1.165) is 5.56 Å². The second-order valence-electron chi connectivity index (χ2n) is 2.87. The highest BCUT2D eigenvalue weighted by atomic mass is 32.1. The Kier molecular flexibility index (Phi) is 4.58. The van der Waals surface area contributed by atoms with Gasteiger partial charge in [-0.25, -0.2) is 4.39 Å². The molecular formula is C11H11FN2S. The zero-order valence-electron chi connectivity index (χ0n) is 8.09. The highest BCUT2D eigenvalue weighted by Crippen LogP contribution is 2.01. The van der Waals surface area contributed by atoms with Crippen LogP contribution in [0.25, 0.3) is 0 Å². The molecule has 1 aromatic carbocycles. The van der Waals surface area contributed by atoms with Crippen molar-refractivity contribution < 1.29 is 4.39 Å². The smallest absolute Gasteiger partial charge is 0.167 e. The van der Waals surface area contributed by atoms with Crippen molar-refractivity contribution in [3.63, 3.8) is 0 Å². The first kappa shape index (κ1) is 11.5. The summed E-state index contributed by atoms with van der Waals surface area (Å²) in [6, 6.07) is 6.22. The molecule has 0 saturated carbocycles. The van der Waals surface area contributed by atoms with Gasteiger partial charge < -0.3 is 10.6 Å². The third kappa shape index (κ3) is 4.43. The van der Waals surface area contributed by atoms with E-state index in [4.69, 9.17) is 18.6 Å². The summed E-state index contributed by atoms with van der Waals surface area (Å²) in [5, 5.41) is 6.28. The standard InChI is InChI=1S/C11H11FN2S/c1-2-7-13-11(15)14-8-9-3-5-10(12)6-4-9/h1,3-6H,7-8H2,(H2,13,14,15). The number of thiocarbonyl (C=S) groups is 1. The van der Waals surface area contributed by atoms with Crippen molar-refractivity contribution in [3.8, 4) is 12.3 Å². The lowest BCUT2D eigenvalue weighted by Gasteiger charge is -2.08. The Morgan fingerprint density at radius 1 is 1.33 bits per heavy atom. The van der Waals surface area contributed by atoms with Crippen LogP contribution in [-0.4, -0.2) is 11.7 Å². The zero-order valence-corrected chi connectivity index (χ0v) is 8.90. The van der Waals surface area contributed by atoms with E-state index in [1.807, 2.05) is 0 Å². The van der Waals surface area contributed by atoms with Crippen molar-refractivity contribution in [1.29, 1.82) is 0 Å². The van der Waals surface area contributed by atoms with Gasteiger partial charge in [0.25, 0.3) is 0 Å². The molecule has 0 aliphatic heterocycles. The van der Waals surface area contributed by atoms with Crippen LogP contribution in [0.2, 0.25) is 0 Å². The monoisotopic (exact) mass is 222 g/mol. The van der Waals surface area contributed by atoms with Crippen LogP contribution in [0.4, 0.5) is 4.39 Å². The number of hydrogen-bond donors (Lipinski definition) is 2. The highest BCUT2D eigenvalue weighted by molar-refractivity contribution is 7.80. The van der Waals surface area contributed by atoms with Crippen molar-refractivity contribution in [2.75, 3.05) is 6.54 Å². The molecule has 2 N–H and O–H groups in total. The lowest BCUT2D eigenvalue weighted by atomic mass is 10.2. The van der Waals surface area contributed by atoms with Crippen LogP contribution in [-0.2, 0) is 6.54 Å². The molecule has 0 amide bonds. The molecule has 1 aromatic rings. The average Bonchev–Trinajstić information content (AvgIpc) is 2.25. The average molecular weight is 222 g/mol. The van der Waals surface area contributed by atoms with Crippen molar-refractivity contribution >= 4 is 17.3 Å². The van der Waals surface area contributed by atoms with Gasteiger partial charge in [-0.15, -0.1) is 6.42 Å². The molecule has 0 saturated heterocycles. The van der Waals surface area contributed by atoms with E-state index in [1.54, 1.807) is 12.1 Å². The van der Waals surface area contributed by atoms with Gasteiger partial charge in [-0.2, -0.15) is 0 Å². The zero-order chi connectivity index (χ0) is 11.1. The van der Waals surface area contributed by atoms with Gasteiger partial charge in [0, 0.05) is 6.54 Å². The van der Waals surface area contributed by atoms with Crippen LogP contribution in [0.3, 0.4) is 0 Å². The number of benzene rings is 1. The second kappa shape index (κ2) is 5.99. The van der Waals surface area contributed by atoms with Crippen LogP contribution in [0.5, 0.6) is 0 Å². The number of hydrogen-bond acceptors (Lipinski definition) is 1. The van der Waals surface area contributed by atoms with Gasteiger partial charge >= 0.3 is 0 Å². The molecule has 0 atom stereocenters. The van der Waals surface area contributed by atoms with E-state index in [-0.39, 0.29) is 5.82 Å². The molecule has 0 aromatic heterocycles. The number of halogens is 1. The van der Waals surface area contributed by atoms with E-state index in [0.29, 0.717) is 18.2 Å². The Labute approximate surface area is 93.9 Å². The largest absolute Gasteiger partial charge is 0.359 e. The molecule has 1 rings (SSSR count). The molecule has 0 spiro atoms. The molecule has 0 aliphatic rings. The molecule has 0 radical (unpaired) electrons. The highest BCUT2D eigenvalue weighted by Gasteiger charge is 1.95. The number of terminal acetylenes is 1. The molecule has 2 nitrogen and oxygen atoms in total. The van der Waals surface area contributed by atoms with Gasteiger partial charge in [0.2, 0.25) is 0 Å². The van der Waals surface area contributed by atoms with Crippen molar-refractivity contribution in [2.24, 2.45) is 0 Å². The summed E-state index contributed by atoms with van der Waals surface area (Å²) in [7, 11) is 0. The van der Waals surface area contributed by atoms with Crippen LogP contribution < -0.4 is 10.6 Å². The van der Waals surface area contributed by atoms with Crippen molar-refractivity contribution in [3.05, 3.63) is 35.6 Å². The third-order valence-electron chi connectivity index (χ3n) is 1.72. The van der Waals surface area contributed by atoms with Gasteiger partial charge in [0.15, 0.2) is 5.11 Å². The molecule has 0 heterocycles. The SMILES string of the molecule is C#CCNC(=S)NCc1ccc(F)cc1. The molecule has 15 heavy (non-hydrogen) atoms. The van der Waals surface area contributed by atoms with E-state index >= 15 is 0 Å². The summed E-state index contributed by atoms with van der Waals surface area (Å²) in [6.45, 7) is 0.950. The molecule has 78 valence electrons. The maximum absolute atomic E-state index is 12.6. The van der Waals surface area contributed by atoms with E-state index in [2.05, 4.69) is 16.6 Å². The number of nitrogens with one attached hydrogen (secondary N) is 2. The summed E-state index contributed by atoms with van der Waals surface area (Å²) in [5.41, 5.74) is 0.959. The predicted octanol–water partition coefficient (Wildman–Crippen LogP) is 1.42. The fourth-order valence-electron chi connectivity index (χ4n) is 0.978. The first-order chi connectivity index (χ1) is 7.22. The summed E-state index contributed by atoms with van der Waals surface area (Å²) in [6.07, 6.45) is 5.06. The predicted molar refractivity (Wildman–Crippen MR) is 62.7 cm³/mol. The Balaban J connectivity index is 2.34. The lowest BCUT2D eigenvalue weighted by molar-refractivity contribution is 0.626. The Morgan fingerprint density at radius 3 is 2.60 bits per heavy atom. The normalized spacial score (nSPS) is 9.07. The van der Waals surface area contributed by atoms with Gasteiger partial charge in [0.1, 0.15) is 5.82 Å². The lowest BCUT2D eigenvalue weighted by Crippen LogP contribution is -2.34. The minimum Gasteiger partial charge on any atom is -0.359 e. The Morgan fingerprint density at radius 2 is 2.00 bits per heavy atom. The Hall–Kier alpha value is -1.60. The molecule has 4 heteroatoms. The maximum Gasteiger partial charge on any atom is 0.167 e. The number of rotatable bonds is 3. The van der Waals surface area contributed by atoms with Crippen molar-refractivity contribution in [1.82, 2.24) is 10.6 Å². The first-order valence-corrected chi connectivity index (χ1v) is 4.83. The van der Waals surface area contributed by atoms with Crippen LogP contribution in [0.1, 0.15) is 5.56 Å². The summed E-state index contributed by atoms with van der Waals surface area (Å²) in [4.78, 5) is 0.